The topological polar surface area (TPSA) is 93.1 Å². The summed E-state index contributed by atoms with van der Waals surface area (Å²) in [4.78, 5) is 37.2. The summed E-state index contributed by atoms with van der Waals surface area (Å²) in [6.07, 6.45) is 2.05. The van der Waals surface area contributed by atoms with Gasteiger partial charge in [-0.1, -0.05) is 24.3 Å². The molecule has 148 valence electrons. The molecule has 1 saturated carbocycles. The van der Waals surface area contributed by atoms with Crippen molar-refractivity contribution in [2.24, 2.45) is 7.05 Å². The van der Waals surface area contributed by atoms with Crippen LogP contribution in [0.3, 0.4) is 0 Å². The third kappa shape index (κ3) is 4.03. The molecule has 1 heterocycles. The van der Waals surface area contributed by atoms with Gasteiger partial charge in [-0.15, -0.1) is 0 Å². The van der Waals surface area contributed by atoms with Crippen LogP contribution >= 0.6 is 0 Å². The lowest BCUT2D eigenvalue weighted by Crippen LogP contribution is -2.26. The van der Waals surface area contributed by atoms with Gasteiger partial charge < -0.3 is 10.6 Å². The summed E-state index contributed by atoms with van der Waals surface area (Å²) < 4.78 is 1.25. The van der Waals surface area contributed by atoms with Crippen molar-refractivity contribution in [1.82, 2.24) is 15.1 Å². The Morgan fingerprint density at radius 2 is 1.86 bits per heavy atom. The van der Waals surface area contributed by atoms with E-state index < -0.39 is 0 Å². The number of carbonyl (C=O) groups is 2. The first kappa shape index (κ1) is 18.9. The molecular weight excluding hydrogens is 368 g/mol. The van der Waals surface area contributed by atoms with Crippen LogP contribution in [-0.4, -0.2) is 27.6 Å². The molecule has 0 radical (unpaired) electrons. The second-order valence-corrected chi connectivity index (χ2v) is 7.42. The number of nitrogens with one attached hydrogen (secondary N) is 2. The van der Waals surface area contributed by atoms with Crippen LogP contribution in [0.15, 0.2) is 47.3 Å². The van der Waals surface area contributed by atoms with Crippen molar-refractivity contribution >= 4 is 28.3 Å². The van der Waals surface area contributed by atoms with Crippen LogP contribution in [-0.2, 0) is 18.3 Å². The Balaban J connectivity index is 1.56. The van der Waals surface area contributed by atoms with Gasteiger partial charge >= 0.3 is 0 Å². The number of aryl methyl sites for hydroxylation is 2. The van der Waals surface area contributed by atoms with Crippen molar-refractivity contribution in [3.05, 3.63) is 69.6 Å². The van der Waals surface area contributed by atoms with E-state index in [4.69, 9.17) is 0 Å². The van der Waals surface area contributed by atoms with Crippen molar-refractivity contribution < 1.29 is 9.59 Å². The molecule has 2 aromatic carbocycles. The number of nitrogens with zero attached hydrogens (tertiary/aromatic N) is 2. The zero-order valence-electron chi connectivity index (χ0n) is 16.4. The van der Waals surface area contributed by atoms with E-state index in [1.807, 2.05) is 19.1 Å². The first-order valence-electron chi connectivity index (χ1n) is 9.58. The second-order valence-electron chi connectivity index (χ2n) is 7.42. The predicted octanol–water partition coefficient (Wildman–Crippen LogP) is 2.32. The quantitative estimate of drug-likeness (QED) is 0.699. The molecule has 0 aliphatic heterocycles. The van der Waals surface area contributed by atoms with E-state index in [2.05, 4.69) is 15.7 Å². The number of benzene rings is 2. The van der Waals surface area contributed by atoms with Crippen molar-refractivity contribution in [3.63, 3.8) is 0 Å². The Kier molecular flexibility index (Phi) is 4.88. The molecule has 29 heavy (non-hydrogen) atoms. The molecule has 2 N–H and O–H groups in total. The van der Waals surface area contributed by atoms with E-state index in [0.717, 1.165) is 18.4 Å². The molecule has 4 rings (SSSR count). The average molecular weight is 390 g/mol. The van der Waals surface area contributed by atoms with Gasteiger partial charge in [0.15, 0.2) is 0 Å². The van der Waals surface area contributed by atoms with Crippen LogP contribution in [0.1, 0.15) is 34.5 Å². The average Bonchev–Trinajstić information content (AvgIpc) is 3.51. The number of amides is 2. The van der Waals surface area contributed by atoms with E-state index in [-0.39, 0.29) is 29.8 Å². The van der Waals surface area contributed by atoms with E-state index in [9.17, 15) is 14.4 Å². The fourth-order valence-corrected chi connectivity index (χ4v) is 3.25. The van der Waals surface area contributed by atoms with Gasteiger partial charge in [0.2, 0.25) is 5.91 Å². The summed E-state index contributed by atoms with van der Waals surface area (Å²) in [6, 6.07) is 12.7. The van der Waals surface area contributed by atoms with Crippen LogP contribution in [0.25, 0.3) is 10.8 Å². The maximum Gasteiger partial charge on any atom is 0.274 e. The highest BCUT2D eigenvalue weighted by molar-refractivity contribution is 5.99. The Bertz CT molecular complexity index is 1180. The molecule has 3 aromatic rings. The molecule has 2 amide bonds. The molecule has 1 aliphatic rings. The highest BCUT2D eigenvalue weighted by Crippen LogP contribution is 2.22. The molecule has 1 fully saturated rings. The van der Waals surface area contributed by atoms with Gasteiger partial charge in [-0.3, -0.25) is 14.4 Å². The number of hydrogen-bond donors (Lipinski definition) is 2. The van der Waals surface area contributed by atoms with Crippen molar-refractivity contribution in [3.8, 4) is 0 Å². The van der Waals surface area contributed by atoms with E-state index in [1.165, 1.54) is 4.68 Å². The van der Waals surface area contributed by atoms with Crippen LogP contribution in [0.4, 0.5) is 5.69 Å². The summed E-state index contributed by atoms with van der Waals surface area (Å²) in [6.45, 7) is 1.87. The van der Waals surface area contributed by atoms with Crippen molar-refractivity contribution in [2.45, 2.75) is 32.2 Å². The van der Waals surface area contributed by atoms with Gasteiger partial charge in [-0.25, -0.2) is 4.68 Å². The number of rotatable bonds is 5. The Morgan fingerprint density at radius 3 is 2.59 bits per heavy atom. The number of fused-ring (bicyclic) bond motifs is 1. The highest BCUT2D eigenvalue weighted by Gasteiger charge is 2.24. The van der Waals surface area contributed by atoms with Gasteiger partial charge in [0.25, 0.3) is 11.5 Å². The van der Waals surface area contributed by atoms with E-state index in [1.54, 1.807) is 37.4 Å². The van der Waals surface area contributed by atoms with E-state index >= 15 is 0 Å². The van der Waals surface area contributed by atoms with Gasteiger partial charge in [0, 0.05) is 29.7 Å². The molecule has 0 spiro atoms. The number of carbonyl (C=O) groups excluding carboxylic acids is 2. The Morgan fingerprint density at radius 1 is 1.14 bits per heavy atom. The standard InChI is InChI=1S/C22H22N4O3/c1-13-7-8-14(21(28)23-15-9-10-15)11-18(13)24-20(27)12-19-16-5-3-4-6-17(16)22(29)26(2)25-19/h3-8,11,15H,9-10,12H2,1-2H3,(H,23,28)(H,24,27). The molecule has 7 nitrogen and oxygen atoms in total. The van der Waals surface area contributed by atoms with Crippen LogP contribution < -0.4 is 16.2 Å². The van der Waals surface area contributed by atoms with Crippen LogP contribution in [0.5, 0.6) is 0 Å². The molecular formula is C22H22N4O3. The highest BCUT2D eigenvalue weighted by atomic mass is 16.2. The largest absolute Gasteiger partial charge is 0.349 e. The SMILES string of the molecule is Cc1ccc(C(=O)NC2CC2)cc1NC(=O)Cc1nn(C)c(=O)c2ccccc12. The van der Waals surface area contributed by atoms with Crippen molar-refractivity contribution in [2.75, 3.05) is 5.32 Å². The van der Waals surface area contributed by atoms with Crippen LogP contribution in [0, 0.1) is 6.92 Å². The lowest BCUT2D eigenvalue weighted by molar-refractivity contribution is -0.115. The third-order valence-electron chi connectivity index (χ3n) is 5.05. The molecule has 0 unspecified atom stereocenters. The molecule has 7 heteroatoms. The maximum absolute atomic E-state index is 12.7. The zero-order chi connectivity index (χ0) is 20.5. The minimum atomic E-state index is -0.260. The Hall–Kier alpha value is -3.48. The van der Waals surface area contributed by atoms with Crippen LogP contribution in [0.2, 0.25) is 0 Å². The molecule has 0 saturated heterocycles. The lowest BCUT2D eigenvalue weighted by Gasteiger charge is -2.12. The van der Waals surface area contributed by atoms with E-state index in [0.29, 0.717) is 27.7 Å². The monoisotopic (exact) mass is 390 g/mol. The fourth-order valence-electron chi connectivity index (χ4n) is 3.25. The smallest absolute Gasteiger partial charge is 0.274 e. The number of aromatic nitrogens is 2. The third-order valence-corrected chi connectivity index (χ3v) is 5.05. The Labute approximate surface area is 167 Å². The molecule has 1 aromatic heterocycles. The number of anilines is 1. The summed E-state index contributed by atoms with van der Waals surface area (Å²) in [5, 5.41) is 11.3. The molecule has 0 atom stereocenters. The van der Waals surface area contributed by atoms with Gasteiger partial charge in [0.1, 0.15) is 0 Å². The minimum absolute atomic E-state index is 0.0204. The molecule has 0 bridgehead atoms. The summed E-state index contributed by atoms with van der Waals surface area (Å²) >= 11 is 0. The predicted molar refractivity (Wildman–Crippen MR) is 111 cm³/mol. The van der Waals surface area contributed by atoms with Gasteiger partial charge in [0.05, 0.1) is 17.5 Å². The minimum Gasteiger partial charge on any atom is -0.349 e. The lowest BCUT2D eigenvalue weighted by atomic mass is 10.1. The first-order chi connectivity index (χ1) is 13.9. The van der Waals surface area contributed by atoms with Gasteiger partial charge in [-0.05, 0) is 43.5 Å². The summed E-state index contributed by atoms with van der Waals surface area (Å²) in [5.74, 6) is -0.391. The normalized spacial score (nSPS) is 13.3. The first-order valence-corrected chi connectivity index (χ1v) is 9.58. The summed E-state index contributed by atoms with van der Waals surface area (Å²) in [5.41, 5.74) is 2.30. The maximum atomic E-state index is 12.7. The second kappa shape index (κ2) is 7.50. The summed E-state index contributed by atoms with van der Waals surface area (Å²) in [7, 11) is 1.57. The fraction of sp³-hybridized carbons (Fsp3) is 0.273. The van der Waals surface area contributed by atoms with Crippen molar-refractivity contribution in [1.29, 1.82) is 0 Å². The zero-order valence-corrected chi connectivity index (χ0v) is 16.4. The number of hydrogen-bond acceptors (Lipinski definition) is 4. The molecule has 1 aliphatic carbocycles. The van der Waals surface area contributed by atoms with Gasteiger partial charge in [-0.2, -0.15) is 5.10 Å².